The van der Waals surface area contributed by atoms with Crippen molar-refractivity contribution >= 4 is 21.8 Å². The summed E-state index contributed by atoms with van der Waals surface area (Å²) in [6.45, 7) is 1.07. The number of ether oxygens (including phenoxy) is 3. The molecule has 2 aromatic rings. The minimum absolute atomic E-state index is 0.0220. The van der Waals surface area contributed by atoms with Gasteiger partial charge in [0.05, 0.1) is 20.8 Å². The first kappa shape index (κ1) is 17.8. The third kappa shape index (κ3) is 4.14. The van der Waals surface area contributed by atoms with Gasteiger partial charge in [-0.3, -0.25) is 4.79 Å². The summed E-state index contributed by atoms with van der Waals surface area (Å²) in [6, 6.07) is 13.6. The van der Waals surface area contributed by atoms with Gasteiger partial charge in [-0.05, 0) is 29.8 Å². The highest BCUT2D eigenvalue weighted by atomic mass is 79.9. The second kappa shape index (κ2) is 7.89. The van der Waals surface area contributed by atoms with Crippen LogP contribution >= 0.6 is 15.9 Å². The smallest absolute Gasteiger partial charge is 0.249 e. The molecule has 0 saturated carbocycles. The maximum absolute atomic E-state index is 12.3. The van der Waals surface area contributed by atoms with Gasteiger partial charge in [-0.15, -0.1) is 0 Å². The van der Waals surface area contributed by atoms with Gasteiger partial charge in [0.2, 0.25) is 5.91 Å². The second-order valence-electron chi connectivity index (χ2n) is 5.80. The lowest BCUT2D eigenvalue weighted by molar-refractivity contribution is -0.150. The van der Waals surface area contributed by atoms with Crippen LogP contribution in [0.15, 0.2) is 46.9 Å². The highest BCUT2D eigenvalue weighted by Gasteiger charge is 2.28. The summed E-state index contributed by atoms with van der Waals surface area (Å²) in [7, 11) is 3.23. The molecule has 132 valence electrons. The van der Waals surface area contributed by atoms with E-state index in [1.165, 1.54) is 0 Å². The van der Waals surface area contributed by atoms with Crippen LogP contribution in [0.25, 0.3) is 0 Å². The number of methoxy groups -OCH3 is 2. The fraction of sp³-hybridized carbons (Fsp3) is 0.316. The van der Waals surface area contributed by atoms with Crippen molar-refractivity contribution in [2.24, 2.45) is 0 Å². The molecule has 0 radical (unpaired) electrons. The third-order valence-corrected chi connectivity index (χ3v) is 4.77. The van der Waals surface area contributed by atoms with Crippen molar-refractivity contribution in [3.63, 3.8) is 0 Å². The van der Waals surface area contributed by atoms with E-state index in [1.807, 2.05) is 42.5 Å². The number of benzene rings is 2. The summed E-state index contributed by atoms with van der Waals surface area (Å²) in [5.74, 6) is 1.41. The number of hydrogen-bond donors (Lipinski definition) is 0. The van der Waals surface area contributed by atoms with Gasteiger partial charge in [0, 0.05) is 22.6 Å². The summed E-state index contributed by atoms with van der Waals surface area (Å²) >= 11 is 3.43. The van der Waals surface area contributed by atoms with Gasteiger partial charge in [0.1, 0.15) is 24.2 Å². The predicted molar refractivity (Wildman–Crippen MR) is 97.8 cm³/mol. The van der Waals surface area contributed by atoms with E-state index < -0.39 is 0 Å². The van der Waals surface area contributed by atoms with Crippen molar-refractivity contribution < 1.29 is 19.0 Å². The van der Waals surface area contributed by atoms with Crippen molar-refractivity contribution in [2.45, 2.75) is 12.6 Å². The normalized spacial score (nSPS) is 17.5. The molecule has 1 heterocycles. The molecule has 6 heteroatoms. The van der Waals surface area contributed by atoms with Crippen molar-refractivity contribution in [2.75, 3.05) is 27.4 Å². The van der Waals surface area contributed by atoms with Crippen LogP contribution in [-0.2, 0) is 16.1 Å². The topological polar surface area (TPSA) is 48.0 Å². The van der Waals surface area contributed by atoms with Gasteiger partial charge in [0.15, 0.2) is 0 Å². The van der Waals surface area contributed by atoms with Gasteiger partial charge in [-0.2, -0.15) is 0 Å². The molecule has 1 aliphatic rings. The first-order valence-electron chi connectivity index (χ1n) is 7.96. The molecule has 0 spiro atoms. The van der Waals surface area contributed by atoms with Crippen molar-refractivity contribution in [3.05, 3.63) is 58.1 Å². The Morgan fingerprint density at radius 2 is 1.92 bits per heavy atom. The molecule has 2 aromatic carbocycles. The molecule has 0 bridgehead atoms. The minimum atomic E-state index is -0.130. The molecule has 1 amide bonds. The Balaban J connectivity index is 1.77. The Hall–Kier alpha value is -2.05. The molecular formula is C19H20BrNO4. The van der Waals surface area contributed by atoms with Crippen LogP contribution in [0.5, 0.6) is 11.5 Å². The molecule has 0 aliphatic carbocycles. The van der Waals surface area contributed by atoms with E-state index in [4.69, 9.17) is 14.2 Å². The third-order valence-electron chi connectivity index (χ3n) is 4.24. The summed E-state index contributed by atoms with van der Waals surface area (Å²) in [4.78, 5) is 14.1. The first-order chi connectivity index (χ1) is 12.1. The zero-order valence-corrected chi connectivity index (χ0v) is 15.8. The Morgan fingerprint density at radius 3 is 2.60 bits per heavy atom. The number of carbonyl (C=O) groups is 1. The van der Waals surface area contributed by atoms with E-state index in [-0.39, 0.29) is 18.6 Å². The van der Waals surface area contributed by atoms with E-state index in [0.717, 1.165) is 21.3 Å². The molecule has 1 fully saturated rings. The molecular weight excluding hydrogens is 386 g/mol. The lowest BCUT2D eigenvalue weighted by atomic mass is 10.1. The fourth-order valence-electron chi connectivity index (χ4n) is 2.84. The molecule has 5 nitrogen and oxygen atoms in total. The zero-order chi connectivity index (χ0) is 17.8. The number of halogens is 1. The van der Waals surface area contributed by atoms with Gasteiger partial charge in [-0.1, -0.05) is 28.1 Å². The van der Waals surface area contributed by atoms with E-state index in [2.05, 4.69) is 15.9 Å². The number of carbonyl (C=O) groups excluding carboxylic acids is 1. The Bertz CT molecular complexity index is 748. The lowest BCUT2D eigenvalue weighted by Crippen LogP contribution is -2.42. The van der Waals surface area contributed by atoms with Crippen LogP contribution in [0.3, 0.4) is 0 Å². The van der Waals surface area contributed by atoms with Crippen LogP contribution in [0.2, 0.25) is 0 Å². The summed E-state index contributed by atoms with van der Waals surface area (Å²) < 4.78 is 17.4. The van der Waals surface area contributed by atoms with Crippen molar-refractivity contribution in [3.8, 4) is 11.5 Å². The van der Waals surface area contributed by atoms with Crippen LogP contribution in [-0.4, -0.2) is 38.2 Å². The Morgan fingerprint density at radius 1 is 1.16 bits per heavy atom. The fourth-order valence-corrected chi connectivity index (χ4v) is 3.10. The first-order valence-corrected chi connectivity index (χ1v) is 8.75. The van der Waals surface area contributed by atoms with E-state index >= 15 is 0 Å². The number of nitrogens with zero attached hydrogens (tertiary/aromatic N) is 1. The number of rotatable bonds is 5. The maximum atomic E-state index is 12.3. The van der Waals surface area contributed by atoms with Crippen LogP contribution in [0.4, 0.5) is 0 Å². The molecule has 1 saturated heterocycles. The molecule has 3 rings (SSSR count). The number of hydrogen-bond acceptors (Lipinski definition) is 4. The summed E-state index contributed by atoms with van der Waals surface area (Å²) in [5, 5.41) is 0. The van der Waals surface area contributed by atoms with Gasteiger partial charge < -0.3 is 19.1 Å². The largest absolute Gasteiger partial charge is 0.497 e. The quantitative estimate of drug-likeness (QED) is 0.762. The summed E-state index contributed by atoms with van der Waals surface area (Å²) in [6.07, 6.45) is -0.130. The Kier molecular flexibility index (Phi) is 5.60. The predicted octanol–water partition coefficient (Wildman–Crippen LogP) is 3.57. The van der Waals surface area contributed by atoms with E-state index in [1.54, 1.807) is 19.1 Å². The molecule has 0 N–H and O–H groups in total. The Labute approximate surface area is 155 Å². The van der Waals surface area contributed by atoms with Gasteiger partial charge >= 0.3 is 0 Å². The molecule has 25 heavy (non-hydrogen) atoms. The van der Waals surface area contributed by atoms with Crippen LogP contribution in [0.1, 0.15) is 17.2 Å². The average Bonchev–Trinajstić information content (AvgIpc) is 2.64. The average molecular weight is 406 g/mol. The van der Waals surface area contributed by atoms with Gasteiger partial charge in [0.25, 0.3) is 0 Å². The monoisotopic (exact) mass is 405 g/mol. The molecule has 0 unspecified atom stereocenters. The van der Waals surface area contributed by atoms with Crippen molar-refractivity contribution in [1.82, 2.24) is 4.90 Å². The standard InChI is InChI=1S/C19H20BrNO4/c1-23-16-8-5-14(17(9-16)24-2)10-21-11-18(25-12-19(21)22)13-3-6-15(20)7-4-13/h3-9,18H,10-12H2,1-2H3/t18-/m1/s1. The minimum Gasteiger partial charge on any atom is -0.497 e. The zero-order valence-electron chi connectivity index (χ0n) is 14.2. The van der Waals surface area contributed by atoms with E-state index in [0.29, 0.717) is 18.8 Å². The molecule has 1 atom stereocenters. The number of amides is 1. The highest BCUT2D eigenvalue weighted by molar-refractivity contribution is 9.10. The number of morpholine rings is 1. The molecule has 0 aromatic heterocycles. The maximum Gasteiger partial charge on any atom is 0.249 e. The second-order valence-corrected chi connectivity index (χ2v) is 6.72. The summed E-state index contributed by atoms with van der Waals surface area (Å²) in [5.41, 5.74) is 2.00. The SMILES string of the molecule is COc1ccc(CN2C[C@H](c3ccc(Br)cc3)OCC2=O)c(OC)c1. The molecule has 1 aliphatic heterocycles. The van der Waals surface area contributed by atoms with E-state index in [9.17, 15) is 4.79 Å². The van der Waals surface area contributed by atoms with Gasteiger partial charge in [-0.25, -0.2) is 0 Å². The van der Waals surface area contributed by atoms with Crippen molar-refractivity contribution in [1.29, 1.82) is 0 Å². The highest BCUT2D eigenvalue weighted by Crippen LogP contribution is 2.29. The van der Waals surface area contributed by atoms with Crippen LogP contribution in [0, 0.1) is 0 Å². The lowest BCUT2D eigenvalue weighted by Gasteiger charge is -2.33. The van der Waals surface area contributed by atoms with Crippen LogP contribution < -0.4 is 9.47 Å².